The minimum absolute atomic E-state index is 0.0819. The van der Waals surface area contributed by atoms with Gasteiger partial charge in [0, 0.05) is 47.0 Å². The van der Waals surface area contributed by atoms with E-state index in [0.717, 1.165) is 6.07 Å². The van der Waals surface area contributed by atoms with Crippen molar-refractivity contribution in [1.29, 1.82) is 0 Å². The predicted molar refractivity (Wildman–Crippen MR) is 71.1 cm³/mol. The number of anilines is 1. The Balaban J connectivity index is 2.30. The predicted octanol–water partition coefficient (Wildman–Crippen LogP) is 3.01. The molecule has 1 aromatic carbocycles. The van der Waals surface area contributed by atoms with Crippen molar-refractivity contribution in [3.05, 3.63) is 29.3 Å². The monoisotopic (exact) mass is 311 g/mol. The maximum atomic E-state index is 12.9. The van der Waals surface area contributed by atoms with Crippen molar-refractivity contribution >= 4 is 28.1 Å². The van der Waals surface area contributed by atoms with Crippen molar-refractivity contribution < 1.29 is 17.4 Å². The van der Waals surface area contributed by atoms with E-state index in [9.17, 15) is 17.4 Å². The Hall–Kier alpha value is -0.750. The first-order chi connectivity index (χ1) is 8.91. The van der Waals surface area contributed by atoms with Crippen LogP contribution in [0.25, 0.3) is 0 Å². The van der Waals surface area contributed by atoms with Crippen LogP contribution in [0.5, 0.6) is 0 Å². The maximum absolute atomic E-state index is 12.9. The number of alkyl halides is 4. The summed E-state index contributed by atoms with van der Waals surface area (Å²) in [6.45, 7) is 1.04. The molecule has 0 aromatic heterocycles. The second-order valence-electron chi connectivity index (χ2n) is 4.31. The maximum Gasteiger partial charge on any atom is 0.416 e. The van der Waals surface area contributed by atoms with Crippen LogP contribution in [0.3, 0.4) is 0 Å². The molecule has 0 aliphatic carbocycles. The Kier molecular flexibility index (Phi) is 4.40. The van der Waals surface area contributed by atoms with Crippen molar-refractivity contribution in [2.24, 2.45) is 0 Å². The second kappa shape index (κ2) is 5.71. The molecule has 2 nitrogen and oxygen atoms in total. The fourth-order valence-corrected chi connectivity index (χ4v) is 3.32. The first-order valence-corrected chi connectivity index (χ1v) is 7.80. The number of rotatable bonds is 2. The number of nitrogens with zero attached hydrogens (tertiary/aromatic N) is 1. The Labute approximate surface area is 117 Å². The Bertz CT molecular complexity index is 482. The summed E-state index contributed by atoms with van der Waals surface area (Å²) in [6, 6.07) is 4.18. The van der Waals surface area contributed by atoms with Gasteiger partial charge in [-0.1, -0.05) is 6.07 Å². The summed E-state index contributed by atoms with van der Waals surface area (Å²) in [5, 5.41) is 0. The van der Waals surface area contributed by atoms with Gasteiger partial charge in [-0.2, -0.15) is 13.2 Å². The summed E-state index contributed by atoms with van der Waals surface area (Å²) in [5.74, 6) is 0.830. The average molecular weight is 312 g/mol. The first kappa shape index (κ1) is 14.7. The summed E-state index contributed by atoms with van der Waals surface area (Å²) in [4.78, 5) is 1.83. The average Bonchev–Trinajstić information content (AvgIpc) is 2.38. The summed E-state index contributed by atoms with van der Waals surface area (Å²) in [7, 11) is -0.848. The second-order valence-corrected chi connectivity index (χ2v) is 6.27. The van der Waals surface area contributed by atoms with Crippen LogP contribution < -0.4 is 4.90 Å². The summed E-state index contributed by atoms with van der Waals surface area (Å²) >= 11 is 5.54. The van der Waals surface area contributed by atoms with Gasteiger partial charge in [-0.05, 0) is 17.7 Å². The van der Waals surface area contributed by atoms with Gasteiger partial charge in [0.25, 0.3) is 0 Å². The third-order valence-corrected chi connectivity index (χ3v) is 4.65. The quantitative estimate of drug-likeness (QED) is 0.783. The number of hydrogen-bond acceptors (Lipinski definition) is 2. The van der Waals surface area contributed by atoms with Crippen LogP contribution in [0.2, 0.25) is 0 Å². The lowest BCUT2D eigenvalue weighted by molar-refractivity contribution is -0.138. The molecule has 1 heterocycles. The zero-order chi connectivity index (χ0) is 14.0. The Morgan fingerprint density at radius 2 is 1.89 bits per heavy atom. The first-order valence-electron chi connectivity index (χ1n) is 5.78. The summed E-state index contributed by atoms with van der Waals surface area (Å²) < 4.78 is 50.0. The zero-order valence-electron chi connectivity index (χ0n) is 10.0. The number of halogens is 4. The largest absolute Gasteiger partial charge is 0.416 e. The molecule has 0 unspecified atom stereocenters. The molecule has 106 valence electrons. The SMILES string of the molecule is O=S1CCN(c2ccc(CCl)c(C(F)(F)F)c2)CC1. The van der Waals surface area contributed by atoms with Gasteiger partial charge in [-0.25, -0.2) is 0 Å². The van der Waals surface area contributed by atoms with E-state index in [-0.39, 0.29) is 11.4 Å². The van der Waals surface area contributed by atoms with Gasteiger partial charge in [0.1, 0.15) is 0 Å². The van der Waals surface area contributed by atoms with Gasteiger partial charge in [0.05, 0.1) is 5.56 Å². The highest BCUT2D eigenvalue weighted by atomic mass is 35.5. The Morgan fingerprint density at radius 3 is 2.42 bits per heavy atom. The molecular weight excluding hydrogens is 299 g/mol. The third-order valence-electron chi connectivity index (χ3n) is 3.09. The van der Waals surface area contributed by atoms with Gasteiger partial charge in [-0.3, -0.25) is 4.21 Å². The fourth-order valence-electron chi connectivity index (χ4n) is 2.04. The lowest BCUT2D eigenvalue weighted by atomic mass is 10.1. The molecule has 0 N–H and O–H groups in total. The van der Waals surface area contributed by atoms with Gasteiger partial charge < -0.3 is 4.90 Å². The van der Waals surface area contributed by atoms with Crippen LogP contribution in [0, 0.1) is 0 Å². The van der Waals surface area contributed by atoms with Gasteiger partial charge in [0.2, 0.25) is 0 Å². The van der Waals surface area contributed by atoms with Crippen molar-refractivity contribution in [3.8, 4) is 0 Å². The molecule has 0 bridgehead atoms. The highest BCUT2D eigenvalue weighted by molar-refractivity contribution is 7.85. The van der Waals surface area contributed by atoms with Crippen LogP contribution >= 0.6 is 11.6 Å². The fraction of sp³-hybridized carbons (Fsp3) is 0.500. The van der Waals surface area contributed by atoms with Crippen LogP contribution in [0.1, 0.15) is 11.1 Å². The van der Waals surface area contributed by atoms with Crippen molar-refractivity contribution in [2.45, 2.75) is 12.1 Å². The molecule has 0 amide bonds. The van der Waals surface area contributed by atoms with Crippen LogP contribution in [0.15, 0.2) is 18.2 Å². The minimum atomic E-state index is -4.40. The molecule has 7 heteroatoms. The molecule has 2 rings (SSSR count). The topological polar surface area (TPSA) is 20.3 Å². The van der Waals surface area contributed by atoms with E-state index in [4.69, 9.17) is 11.6 Å². The molecule has 1 aromatic rings. The molecule has 0 radical (unpaired) electrons. The van der Waals surface area contributed by atoms with E-state index >= 15 is 0 Å². The van der Waals surface area contributed by atoms with Gasteiger partial charge >= 0.3 is 6.18 Å². The van der Waals surface area contributed by atoms with Crippen molar-refractivity contribution in [3.63, 3.8) is 0 Å². The molecule has 1 aliphatic heterocycles. The Morgan fingerprint density at radius 1 is 1.26 bits per heavy atom. The highest BCUT2D eigenvalue weighted by Gasteiger charge is 2.33. The van der Waals surface area contributed by atoms with E-state index in [1.807, 2.05) is 4.90 Å². The van der Waals surface area contributed by atoms with E-state index < -0.39 is 22.5 Å². The van der Waals surface area contributed by atoms with Crippen molar-refractivity contribution in [1.82, 2.24) is 0 Å². The van der Waals surface area contributed by atoms with Crippen molar-refractivity contribution in [2.75, 3.05) is 29.5 Å². The van der Waals surface area contributed by atoms with E-state index in [1.54, 1.807) is 6.07 Å². The molecule has 1 fully saturated rings. The molecule has 19 heavy (non-hydrogen) atoms. The summed E-state index contributed by atoms with van der Waals surface area (Å²) in [6.07, 6.45) is -4.40. The number of benzene rings is 1. The zero-order valence-corrected chi connectivity index (χ0v) is 11.6. The van der Waals surface area contributed by atoms with Gasteiger partial charge in [-0.15, -0.1) is 11.6 Å². The lowest BCUT2D eigenvalue weighted by Crippen LogP contribution is -2.37. The summed E-state index contributed by atoms with van der Waals surface area (Å²) in [5.41, 5.74) is -0.0944. The van der Waals surface area contributed by atoms with Crippen LogP contribution in [-0.2, 0) is 22.9 Å². The molecule has 0 spiro atoms. The minimum Gasteiger partial charge on any atom is -0.370 e. The van der Waals surface area contributed by atoms with Gasteiger partial charge in [0.15, 0.2) is 0 Å². The highest BCUT2D eigenvalue weighted by Crippen LogP contribution is 2.35. The molecule has 1 saturated heterocycles. The third kappa shape index (κ3) is 3.42. The molecule has 1 aliphatic rings. The molecule has 0 saturated carbocycles. The molecule has 0 atom stereocenters. The normalized spacial score (nSPS) is 17.8. The van der Waals surface area contributed by atoms with E-state index in [0.29, 0.717) is 30.3 Å². The molecular formula is C12H13ClF3NOS. The van der Waals surface area contributed by atoms with Crippen LogP contribution in [0.4, 0.5) is 18.9 Å². The van der Waals surface area contributed by atoms with E-state index in [2.05, 4.69) is 0 Å². The lowest BCUT2D eigenvalue weighted by Gasteiger charge is -2.29. The van der Waals surface area contributed by atoms with E-state index in [1.165, 1.54) is 6.07 Å². The van der Waals surface area contributed by atoms with Crippen LogP contribution in [-0.4, -0.2) is 28.8 Å². The smallest absolute Gasteiger partial charge is 0.370 e. The standard InChI is InChI=1S/C12H13ClF3NOS/c13-8-9-1-2-10(7-11(9)12(14,15)16)17-3-5-19(18)6-4-17/h1-2,7H,3-6,8H2. The number of hydrogen-bond donors (Lipinski definition) is 0.